The SMILES string of the molecule is Cc1cc(Cl)cc(C)c1Nc1cc(-c2ccccn2)nc(N[C@H](C)CO)n1. The molecule has 0 aliphatic carbocycles. The Hall–Kier alpha value is -2.70. The summed E-state index contributed by atoms with van der Waals surface area (Å²) < 4.78 is 0. The van der Waals surface area contributed by atoms with Gasteiger partial charge in [0.25, 0.3) is 0 Å². The van der Waals surface area contributed by atoms with E-state index in [0.29, 0.717) is 22.5 Å². The van der Waals surface area contributed by atoms with Crippen molar-refractivity contribution in [3.8, 4) is 11.4 Å². The Bertz CT molecular complexity index is 910. The van der Waals surface area contributed by atoms with E-state index in [4.69, 9.17) is 11.6 Å². The predicted octanol–water partition coefficient (Wildman–Crippen LogP) is 4.35. The number of hydrogen-bond donors (Lipinski definition) is 3. The fourth-order valence-electron chi connectivity index (χ4n) is 2.72. The van der Waals surface area contributed by atoms with Gasteiger partial charge in [-0.3, -0.25) is 4.98 Å². The molecule has 1 atom stereocenters. The van der Waals surface area contributed by atoms with Gasteiger partial charge in [0.1, 0.15) is 5.82 Å². The molecule has 0 radical (unpaired) electrons. The second kappa shape index (κ2) is 8.33. The molecule has 0 aliphatic rings. The van der Waals surface area contributed by atoms with E-state index in [0.717, 1.165) is 22.5 Å². The van der Waals surface area contributed by atoms with E-state index in [2.05, 4.69) is 25.6 Å². The van der Waals surface area contributed by atoms with Gasteiger partial charge in [-0.1, -0.05) is 17.7 Å². The molecule has 0 bridgehead atoms. The lowest BCUT2D eigenvalue weighted by Crippen LogP contribution is -2.21. The number of hydrogen-bond acceptors (Lipinski definition) is 6. The van der Waals surface area contributed by atoms with Gasteiger partial charge in [-0.05, 0) is 56.2 Å². The van der Waals surface area contributed by atoms with E-state index >= 15 is 0 Å². The third kappa shape index (κ3) is 4.72. The van der Waals surface area contributed by atoms with Crippen LogP contribution in [0.5, 0.6) is 0 Å². The Labute approximate surface area is 163 Å². The summed E-state index contributed by atoms with van der Waals surface area (Å²) in [5.74, 6) is 1.05. The molecule has 140 valence electrons. The average Bonchev–Trinajstić information content (AvgIpc) is 2.65. The standard InChI is InChI=1S/C20H22ClN5O/c1-12-8-15(21)9-13(2)19(12)25-18-10-17(16-6-4-5-7-22-16)24-20(26-18)23-14(3)11-27/h4-10,14,27H,11H2,1-3H3,(H2,23,24,25,26)/t14-/m1/s1. The van der Waals surface area contributed by atoms with Crippen molar-refractivity contribution >= 4 is 29.1 Å². The quantitative estimate of drug-likeness (QED) is 0.587. The molecule has 2 heterocycles. The summed E-state index contributed by atoms with van der Waals surface area (Å²) in [6.07, 6.45) is 1.72. The van der Waals surface area contributed by atoms with Crippen LogP contribution in [0.15, 0.2) is 42.6 Å². The maximum absolute atomic E-state index is 9.33. The van der Waals surface area contributed by atoms with Crippen LogP contribution in [0.25, 0.3) is 11.4 Å². The summed E-state index contributed by atoms with van der Waals surface area (Å²) >= 11 is 6.13. The van der Waals surface area contributed by atoms with Gasteiger partial charge in [0.2, 0.25) is 5.95 Å². The van der Waals surface area contributed by atoms with Gasteiger partial charge in [0.15, 0.2) is 0 Å². The Balaban J connectivity index is 2.02. The van der Waals surface area contributed by atoms with Crippen molar-refractivity contribution in [2.45, 2.75) is 26.8 Å². The number of anilines is 3. The van der Waals surface area contributed by atoms with Gasteiger partial charge in [-0.25, -0.2) is 4.98 Å². The average molecular weight is 384 g/mol. The summed E-state index contributed by atoms with van der Waals surface area (Å²) in [7, 11) is 0. The molecular weight excluding hydrogens is 362 g/mol. The van der Waals surface area contributed by atoms with Crippen molar-refractivity contribution in [1.82, 2.24) is 15.0 Å². The first-order valence-corrected chi connectivity index (χ1v) is 9.05. The van der Waals surface area contributed by atoms with Crippen LogP contribution in [0.3, 0.4) is 0 Å². The Morgan fingerprint density at radius 1 is 1.07 bits per heavy atom. The van der Waals surface area contributed by atoms with Crippen LogP contribution in [0.2, 0.25) is 5.02 Å². The molecule has 0 saturated carbocycles. The highest BCUT2D eigenvalue weighted by Gasteiger charge is 2.12. The van der Waals surface area contributed by atoms with Crippen LogP contribution >= 0.6 is 11.6 Å². The number of rotatable bonds is 6. The summed E-state index contributed by atoms with van der Waals surface area (Å²) in [6, 6.07) is 11.2. The zero-order valence-corrected chi connectivity index (χ0v) is 16.2. The molecular formula is C20H22ClN5O. The van der Waals surface area contributed by atoms with Crippen molar-refractivity contribution < 1.29 is 5.11 Å². The van der Waals surface area contributed by atoms with Crippen molar-refractivity contribution in [1.29, 1.82) is 0 Å². The van der Waals surface area contributed by atoms with Crippen LogP contribution in [0.1, 0.15) is 18.1 Å². The number of aryl methyl sites for hydroxylation is 2. The van der Waals surface area contributed by atoms with Gasteiger partial charge in [0, 0.05) is 29.0 Å². The first-order chi connectivity index (χ1) is 13.0. The van der Waals surface area contributed by atoms with Crippen molar-refractivity contribution in [3.05, 3.63) is 58.7 Å². The number of nitrogens with one attached hydrogen (secondary N) is 2. The van der Waals surface area contributed by atoms with E-state index in [1.165, 1.54) is 0 Å². The monoisotopic (exact) mass is 383 g/mol. The minimum absolute atomic E-state index is 0.0185. The molecule has 7 heteroatoms. The van der Waals surface area contributed by atoms with Gasteiger partial charge in [0.05, 0.1) is 18.0 Å². The third-order valence-corrected chi connectivity index (χ3v) is 4.27. The fourth-order valence-corrected chi connectivity index (χ4v) is 3.05. The molecule has 2 aromatic heterocycles. The molecule has 0 amide bonds. The van der Waals surface area contributed by atoms with Gasteiger partial charge in [-0.15, -0.1) is 0 Å². The number of benzene rings is 1. The van der Waals surface area contributed by atoms with E-state index in [9.17, 15) is 5.11 Å². The maximum Gasteiger partial charge on any atom is 0.225 e. The number of aliphatic hydroxyl groups excluding tert-OH is 1. The van der Waals surface area contributed by atoms with Crippen LogP contribution in [-0.2, 0) is 0 Å². The Morgan fingerprint density at radius 2 is 1.81 bits per heavy atom. The highest BCUT2D eigenvalue weighted by molar-refractivity contribution is 6.30. The van der Waals surface area contributed by atoms with E-state index in [-0.39, 0.29) is 12.6 Å². The number of halogens is 1. The molecule has 0 spiro atoms. The number of aliphatic hydroxyl groups is 1. The summed E-state index contributed by atoms with van der Waals surface area (Å²) in [5.41, 5.74) is 4.43. The number of pyridine rings is 1. The first-order valence-electron chi connectivity index (χ1n) is 8.68. The minimum atomic E-state index is -0.171. The van der Waals surface area contributed by atoms with Crippen LogP contribution < -0.4 is 10.6 Å². The minimum Gasteiger partial charge on any atom is -0.394 e. The largest absolute Gasteiger partial charge is 0.394 e. The normalized spacial score (nSPS) is 11.9. The molecule has 27 heavy (non-hydrogen) atoms. The van der Waals surface area contributed by atoms with E-state index in [1.54, 1.807) is 6.20 Å². The van der Waals surface area contributed by atoms with E-state index in [1.807, 2.05) is 57.2 Å². The van der Waals surface area contributed by atoms with Crippen LogP contribution in [-0.4, -0.2) is 32.7 Å². The van der Waals surface area contributed by atoms with Crippen molar-refractivity contribution in [2.24, 2.45) is 0 Å². The molecule has 1 aromatic carbocycles. The molecule has 0 saturated heterocycles. The number of aromatic nitrogens is 3. The lowest BCUT2D eigenvalue weighted by molar-refractivity contribution is 0.281. The van der Waals surface area contributed by atoms with Crippen molar-refractivity contribution in [2.75, 3.05) is 17.2 Å². The molecule has 3 N–H and O–H groups in total. The topological polar surface area (TPSA) is 83.0 Å². The summed E-state index contributed by atoms with van der Waals surface area (Å²) in [6.45, 7) is 5.83. The summed E-state index contributed by atoms with van der Waals surface area (Å²) in [5, 5.41) is 16.5. The molecule has 0 fully saturated rings. The highest BCUT2D eigenvalue weighted by Crippen LogP contribution is 2.29. The molecule has 3 rings (SSSR count). The maximum atomic E-state index is 9.33. The molecule has 3 aromatic rings. The van der Waals surface area contributed by atoms with Gasteiger partial charge in [-0.2, -0.15) is 4.98 Å². The lowest BCUT2D eigenvalue weighted by Gasteiger charge is -2.16. The second-order valence-corrected chi connectivity index (χ2v) is 6.88. The smallest absolute Gasteiger partial charge is 0.225 e. The van der Waals surface area contributed by atoms with Crippen LogP contribution in [0.4, 0.5) is 17.5 Å². The predicted molar refractivity (Wildman–Crippen MR) is 110 cm³/mol. The Morgan fingerprint density at radius 3 is 2.44 bits per heavy atom. The fraction of sp³-hybridized carbons (Fsp3) is 0.250. The third-order valence-electron chi connectivity index (χ3n) is 4.05. The van der Waals surface area contributed by atoms with E-state index < -0.39 is 0 Å². The molecule has 6 nitrogen and oxygen atoms in total. The highest BCUT2D eigenvalue weighted by atomic mass is 35.5. The second-order valence-electron chi connectivity index (χ2n) is 6.44. The first kappa shape index (κ1) is 19.1. The molecule has 0 aliphatic heterocycles. The zero-order chi connectivity index (χ0) is 19.4. The van der Waals surface area contributed by atoms with Gasteiger partial charge >= 0.3 is 0 Å². The number of nitrogens with zero attached hydrogens (tertiary/aromatic N) is 3. The Kier molecular flexibility index (Phi) is 5.88. The lowest BCUT2D eigenvalue weighted by atomic mass is 10.1. The van der Waals surface area contributed by atoms with Crippen molar-refractivity contribution in [3.63, 3.8) is 0 Å². The zero-order valence-electron chi connectivity index (χ0n) is 15.5. The van der Waals surface area contributed by atoms with Crippen LogP contribution in [0, 0.1) is 13.8 Å². The van der Waals surface area contributed by atoms with Gasteiger partial charge < -0.3 is 15.7 Å². The summed E-state index contributed by atoms with van der Waals surface area (Å²) in [4.78, 5) is 13.4. The molecule has 0 unspecified atom stereocenters.